The molecule has 1 fully saturated rings. The fourth-order valence-corrected chi connectivity index (χ4v) is 3.58. The lowest BCUT2D eigenvalue weighted by atomic mass is 10.1. The lowest BCUT2D eigenvalue weighted by Crippen LogP contribution is -2.26. The molecule has 0 saturated carbocycles. The number of hydrogen-bond donors (Lipinski definition) is 1. The van der Waals surface area contributed by atoms with E-state index in [2.05, 4.69) is 15.3 Å². The summed E-state index contributed by atoms with van der Waals surface area (Å²) in [6.07, 6.45) is 2.19. The number of aliphatic imine (C=N–C) groups is 1. The highest BCUT2D eigenvalue weighted by molar-refractivity contribution is 8.15. The number of carbonyl (C=O) groups excluding carboxylic acids is 1. The molecule has 1 aromatic carbocycles. The first kappa shape index (κ1) is 16.3. The highest BCUT2D eigenvalue weighted by atomic mass is 35.5. The van der Waals surface area contributed by atoms with Crippen LogP contribution in [0.1, 0.15) is 11.1 Å². The molecule has 0 aliphatic carbocycles. The van der Waals surface area contributed by atoms with Gasteiger partial charge in [-0.3, -0.25) is 4.79 Å². The first-order valence-corrected chi connectivity index (χ1v) is 8.58. The lowest BCUT2D eigenvalue weighted by molar-refractivity contribution is -0.118. The van der Waals surface area contributed by atoms with E-state index in [9.17, 15) is 4.79 Å². The minimum Gasteiger partial charge on any atom is -0.304 e. The van der Waals surface area contributed by atoms with E-state index in [1.807, 2.05) is 31.2 Å². The smallest absolute Gasteiger partial charge is 0.239 e. The lowest BCUT2D eigenvalue weighted by Gasteiger charge is -2.08. The second-order valence-electron chi connectivity index (χ2n) is 5.12. The molecule has 2 heterocycles. The Morgan fingerprint density at radius 2 is 2.17 bits per heavy atom. The van der Waals surface area contributed by atoms with E-state index in [-0.39, 0.29) is 11.2 Å². The van der Waals surface area contributed by atoms with Gasteiger partial charge in [-0.05, 0) is 42.7 Å². The van der Waals surface area contributed by atoms with Gasteiger partial charge in [-0.1, -0.05) is 47.1 Å². The Labute approximate surface area is 148 Å². The molecular weight excluding hydrogens is 353 g/mol. The molecule has 4 nitrogen and oxygen atoms in total. The fraction of sp³-hybridized carbons (Fsp3) is 0.188. The van der Waals surface area contributed by atoms with Crippen LogP contribution in [-0.4, -0.2) is 21.3 Å². The topological polar surface area (TPSA) is 54.4 Å². The summed E-state index contributed by atoms with van der Waals surface area (Å²) in [5, 5.41) is 4.04. The predicted molar refractivity (Wildman–Crippen MR) is 95.8 cm³/mol. The molecule has 23 heavy (non-hydrogen) atoms. The van der Waals surface area contributed by atoms with Gasteiger partial charge in [-0.25, -0.2) is 9.98 Å². The quantitative estimate of drug-likeness (QED) is 0.888. The minimum atomic E-state index is -0.283. The van der Waals surface area contributed by atoms with Crippen molar-refractivity contribution < 1.29 is 4.79 Å². The Morgan fingerprint density at radius 3 is 2.96 bits per heavy atom. The third-order valence-corrected chi connectivity index (χ3v) is 5.27. The molecule has 1 aromatic heterocycles. The van der Waals surface area contributed by atoms with Crippen LogP contribution in [0.2, 0.25) is 10.0 Å². The number of aromatic nitrogens is 1. The second kappa shape index (κ2) is 6.91. The third-order valence-electron chi connectivity index (χ3n) is 3.33. The van der Waals surface area contributed by atoms with Crippen LogP contribution in [0.15, 0.2) is 41.5 Å². The van der Waals surface area contributed by atoms with Crippen LogP contribution in [0.5, 0.6) is 0 Å². The number of aryl methyl sites for hydroxylation is 1. The van der Waals surface area contributed by atoms with Gasteiger partial charge in [0.1, 0.15) is 0 Å². The average molecular weight is 366 g/mol. The summed E-state index contributed by atoms with van der Waals surface area (Å²) in [6, 6.07) is 9.19. The Morgan fingerprint density at radius 1 is 1.35 bits per heavy atom. The van der Waals surface area contributed by atoms with E-state index < -0.39 is 0 Å². The maximum Gasteiger partial charge on any atom is 0.239 e. The molecule has 1 aliphatic heterocycles. The van der Waals surface area contributed by atoms with Gasteiger partial charge in [0, 0.05) is 6.20 Å². The first-order valence-electron chi connectivity index (χ1n) is 6.94. The van der Waals surface area contributed by atoms with Crippen molar-refractivity contribution in [1.82, 2.24) is 10.3 Å². The first-order chi connectivity index (χ1) is 11.0. The van der Waals surface area contributed by atoms with Crippen LogP contribution in [0.25, 0.3) is 0 Å². The van der Waals surface area contributed by atoms with Crippen LogP contribution in [0, 0.1) is 6.92 Å². The maximum atomic E-state index is 12.1. The summed E-state index contributed by atoms with van der Waals surface area (Å²) in [6.45, 7) is 1.97. The summed E-state index contributed by atoms with van der Waals surface area (Å²) in [5.41, 5.74) is 1.91. The highest BCUT2D eigenvalue weighted by Gasteiger charge is 2.31. The number of carbonyl (C=O) groups is 1. The van der Waals surface area contributed by atoms with E-state index in [1.165, 1.54) is 11.8 Å². The van der Waals surface area contributed by atoms with Crippen molar-refractivity contribution in [3.05, 3.63) is 57.7 Å². The molecule has 0 bridgehead atoms. The zero-order valence-corrected chi connectivity index (χ0v) is 14.5. The molecule has 1 unspecified atom stereocenters. The maximum absolute atomic E-state index is 12.1. The Hall–Kier alpha value is -1.56. The van der Waals surface area contributed by atoms with Crippen molar-refractivity contribution in [3.8, 4) is 0 Å². The molecule has 1 amide bonds. The highest BCUT2D eigenvalue weighted by Crippen LogP contribution is 2.31. The number of hydrogen-bond acceptors (Lipinski definition) is 4. The number of halogens is 2. The number of thioether (sulfide) groups is 1. The van der Waals surface area contributed by atoms with Crippen molar-refractivity contribution in [3.63, 3.8) is 0 Å². The van der Waals surface area contributed by atoms with Gasteiger partial charge < -0.3 is 5.32 Å². The molecule has 0 spiro atoms. The van der Waals surface area contributed by atoms with Gasteiger partial charge in [0.05, 0.1) is 15.3 Å². The Balaban J connectivity index is 1.76. The number of pyridine rings is 1. The molecule has 1 saturated heterocycles. The Kier molecular flexibility index (Phi) is 4.90. The predicted octanol–water partition coefficient (Wildman–Crippen LogP) is 4.16. The van der Waals surface area contributed by atoms with Crippen LogP contribution in [-0.2, 0) is 11.2 Å². The van der Waals surface area contributed by atoms with Crippen LogP contribution >= 0.6 is 35.0 Å². The standard InChI is InChI=1S/C16H13Cl2N3OS/c1-9-5-6-19-13(7-9)20-16-21-15(22)12(23-16)8-10-3-2-4-11(17)14(10)18/h2-7,12H,8H2,1H3,(H,19,20,21,22). The van der Waals surface area contributed by atoms with E-state index in [4.69, 9.17) is 23.2 Å². The van der Waals surface area contributed by atoms with Crippen molar-refractivity contribution in [2.45, 2.75) is 18.6 Å². The third kappa shape index (κ3) is 3.86. The zero-order valence-electron chi connectivity index (χ0n) is 12.2. The number of amides is 1. The van der Waals surface area contributed by atoms with Crippen molar-refractivity contribution in [2.24, 2.45) is 4.99 Å². The van der Waals surface area contributed by atoms with E-state index in [0.717, 1.165) is 11.1 Å². The summed E-state index contributed by atoms with van der Waals surface area (Å²) in [5.74, 6) is 0.492. The van der Waals surface area contributed by atoms with Gasteiger partial charge in [0.25, 0.3) is 0 Å². The molecule has 7 heteroatoms. The monoisotopic (exact) mass is 365 g/mol. The van der Waals surface area contributed by atoms with E-state index >= 15 is 0 Å². The van der Waals surface area contributed by atoms with Gasteiger partial charge >= 0.3 is 0 Å². The SMILES string of the molecule is Cc1ccnc(N=C2NC(=O)C(Cc3cccc(Cl)c3Cl)S2)c1. The van der Waals surface area contributed by atoms with Gasteiger partial charge in [-0.2, -0.15) is 0 Å². The van der Waals surface area contributed by atoms with Crippen LogP contribution in [0.4, 0.5) is 5.82 Å². The van der Waals surface area contributed by atoms with Gasteiger partial charge in [0.15, 0.2) is 11.0 Å². The van der Waals surface area contributed by atoms with Gasteiger partial charge in [0.2, 0.25) is 5.91 Å². The number of nitrogens with zero attached hydrogens (tertiary/aromatic N) is 2. The Bertz CT molecular complexity index is 795. The number of nitrogens with one attached hydrogen (secondary N) is 1. The molecule has 3 rings (SSSR count). The number of rotatable bonds is 3. The average Bonchev–Trinajstić information content (AvgIpc) is 2.83. The molecule has 1 N–H and O–H groups in total. The summed E-state index contributed by atoms with van der Waals surface area (Å²) >= 11 is 13.6. The molecule has 118 valence electrons. The zero-order chi connectivity index (χ0) is 16.4. The van der Waals surface area contributed by atoms with Crippen molar-refractivity contribution in [2.75, 3.05) is 0 Å². The molecule has 0 radical (unpaired) electrons. The van der Waals surface area contributed by atoms with E-state index in [0.29, 0.717) is 27.5 Å². The second-order valence-corrected chi connectivity index (χ2v) is 7.10. The largest absolute Gasteiger partial charge is 0.304 e. The van der Waals surface area contributed by atoms with E-state index in [1.54, 1.807) is 12.3 Å². The molecular formula is C16H13Cl2N3OS. The van der Waals surface area contributed by atoms with Gasteiger partial charge in [-0.15, -0.1) is 0 Å². The number of amidine groups is 1. The van der Waals surface area contributed by atoms with Crippen LogP contribution in [0.3, 0.4) is 0 Å². The number of benzene rings is 1. The van der Waals surface area contributed by atoms with Crippen molar-refractivity contribution >= 4 is 51.9 Å². The molecule has 1 aliphatic rings. The molecule has 2 aromatic rings. The fourth-order valence-electron chi connectivity index (χ4n) is 2.18. The van der Waals surface area contributed by atoms with Crippen molar-refractivity contribution in [1.29, 1.82) is 0 Å². The summed E-state index contributed by atoms with van der Waals surface area (Å²) < 4.78 is 0. The molecule has 1 atom stereocenters. The van der Waals surface area contributed by atoms with Crippen LogP contribution < -0.4 is 5.32 Å². The minimum absolute atomic E-state index is 0.0857. The normalized spacial score (nSPS) is 19.2. The summed E-state index contributed by atoms with van der Waals surface area (Å²) in [7, 11) is 0. The summed E-state index contributed by atoms with van der Waals surface area (Å²) in [4.78, 5) is 20.7.